The molecule has 1 saturated carbocycles. The van der Waals surface area contributed by atoms with Gasteiger partial charge in [0.1, 0.15) is 17.4 Å². The summed E-state index contributed by atoms with van der Waals surface area (Å²) in [5.41, 5.74) is 6.28. The molecular formula is C36H39N3O3S. The first-order valence-electron chi connectivity index (χ1n) is 15.2. The fourth-order valence-corrected chi connectivity index (χ4v) is 6.55. The molecule has 0 radical (unpaired) electrons. The second-order valence-corrected chi connectivity index (χ2v) is 13.0. The Labute approximate surface area is 257 Å². The van der Waals surface area contributed by atoms with Crippen molar-refractivity contribution in [2.45, 2.75) is 66.0 Å². The van der Waals surface area contributed by atoms with Crippen LogP contribution in [0, 0.1) is 11.3 Å². The van der Waals surface area contributed by atoms with E-state index in [1.54, 1.807) is 17.5 Å². The molecule has 6 rings (SSSR count). The van der Waals surface area contributed by atoms with Crippen molar-refractivity contribution in [3.63, 3.8) is 0 Å². The molecule has 1 fully saturated rings. The molecule has 3 aromatic heterocycles. The van der Waals surface area contributed by atoms with Gasteiger partial charge in [-0.15, -0.1) is 11.3 Å². The normalized spacial score (nSPS) is 13.7. The van der Waals surface area contributed by atoms with Gasteiger partial charge in [0, 0.05) is 52.9 Å². The van der Waals surface area contributed by atoms with Gasteiger partial charge >= 0.3 is 5.97 Å². The predicted octanol–water partition coefficient (Wildman–Crippen LogP) is 8.26. The first-order chi connectivity index (χ1) is 20.9. The Bertz CT molecular complexity index is 1670. The number of thiazole rings is 1. The summed E-state index contributed by atoms with van der Waals surface area (Å²) < 4.78 is 14.2. The van der Waals surface area contributed by atoms with Gasteiger partial charge in [-0.3, -0.25) is 9.78 Å². The summed E-state index contributed by atoms with van der Waals surface area (Å²) in [5.74, 6) is 1.34. The van der Waals surface area contributed by atoms with E-state index in [4.69, 9.17) is 9.47 Å². The Hall–Kier alpha value is -3.97. The summed E-state index contributed by atoms with van der Waals surface area (Å²) in [5, 5.41) is 4.24. The Kier molecular flexibility index (Phi) is 8.61. The summed E-state index contributed by atoms with van der Waals surface area (Å²) in [6.07, 6.45) is 9.03. The van der Waals surface area contributed by atoms with Crippen LogP contribution < -0.4 is 4.74 Å². The van der Waals surface area contributed by atoms with Gasteiger partial charge in [0.15, 0.2) is 0 Å². The fraction of sp³-hybridized carbons (Fsp3) is 0.361. The van der Waals surface area contributed by atoms with Crippen molar-refractivity contribution in [3.05, 3.63) is 101 Å². The molecule has 3 heterocycles. The molecule has 0 spiro atoms. The molecule has 0 amide bonds. The number of rotatable bonds is 12. The molecule has 7 heteroatoms. The van der Waals surface area contributed by atoms with Crippen LogP contribution in [-0.4, -0.2) is 27.1 Å². The average molecular weight is 594 g/mol. The second-order valence-electron chi connectivity index (χ2n) is 12.1. The highest BCUT2D eigenvalue weighted by Gasteiger charge is 2.34. The lowest BCUT2D eigenvalue weighted by molar-refractivity contribution is -0.153. The molecule has 0 unspecified atom stereocenters. The van der Waals surface area contributed by atoms with Gasteiger partial charge in [-0.25, -0.2) is 4.98 Å². The van der Waals surface area contributed by atoms with Crippen LogP contribution in [0.4, 0.5) is 0 Å². The SMILES string of the molecule is CCOC(=O)C(C)(C)Cc1c(CC2CCC2)c2cc(OCc3ccccn3)ccc2n1Cc1ccc(-c2nccs2)cc1. The number of hydrogen-bond acceptors (Lipinski definition) is 6. The van der Waals surface area contributed by atoms with Gasteiger partial charge in [0.25, 0.3) is 0 Å². The summed E-state index contributed by atoms with van der Waals surface area (Å²) in [6, 6.07) is 21.0. The third-order valence-electron chi connectivity index (χ3n) is 8.50. The van der Waals surface area contributed by atoms with E-state index >= 15 is 0 Å². The molecule has 0 saturated heterocycles. The molecule has 1 aliphatic carbocycles. The maximum Gasteiger partial charge on any atom is 0.311 e. The number of esters is 1. The molecule has 222 valence electrons. The molecule has 6 nitrogen and oxygen atoms in total. The van der Waals surface area contributed by atoms with Crippen molar-refractivity contribution in [3.8, 4) is 16.3 Å². The zero-order valence-corrected chi connectivity index (χ0v) is 26.0. The monoisotopic (exact) mass is 593 g/mol. The highest BCUT2D eigenvalue weighted by Crippen LogP contribution is 2.39. The van der Waals surface area contributed by atoms with Crippen LogP contribution in [0.15, 0.2) is 78.4 Å². The lowest BCUT2D eigenvalue weighted by atomic mass is 9.79. The van der Waals surface area contributed by atoms with E-state index in [1.165, 1.54) is 41.5 Å². The lowest BCUT2D eigenvalue weighted by Gasteiger charge is -2.28. The second kappa shape index (κ2) is 12.7. The van der Waals surface area contributed by atoms with Gasteiger partial charge < -0.3 is 14.0 Å². The molecule has 43 heavy (non-hydrogen) atoms. The van der Waals surface area contributed by atoms with Gasteiger partial charge in [-0.2, -0.15) is 0 Å². The van der Waals surface area contributed by atoms with Crippen molar-refractivity contribution in [2.24, 2.45) is 11.3 Å². The standard InChI is InChI=1S/C36H39N3O3S/c1-4-41-35(40)36(2,3)22-33-30(20-25-8-7-9-25)31-21-29(42-24-28-10-5-6-17-37-28)15-16-32(31)39(33)23-26-11-13-27(14-12-26)34-38-18-19-43-34/h5-6,10-19,21,25H,4,7-9,20,22-24H2,1-3H3. The van der Waals surface area contributed by atoms with Crippen LogP contribution in [-0.2, 0) is 35.5 Å². The molecule has 0 N–H and O–H groups in total. The third kappa shape index (κ3) is 6.52. The molecule has 0 atom stereocenters. The van der Waals surface area contributed by atoms with Gasteiger partial charge in [0.2, 0.25) is 0 Å². The minimum Gasteiger partial charge on any atom is -0.487 e. The maximum atomic E-state index is 13.1. The van der Waals surface area contributed by atoms with Gasteiger partial charge in [0.05, 0.1) is 17.7 Å². The number of ether oxygens (including phenoxy) is 2. The maximum absolute atomic E-state index is 13.1. The lowest BCUT2D eigenvalue weighted by Crippen LogP contribution is -2.30. The topological polar surface area (TPSA) is 66.2 Å². The highest BCUT2D eigenvalue weighted by molar-refractivity contribution is 7.13. The first-order valence-corrected chi connectivity index (χ1v) is 16.1. The van der Waals surface area contributed by atoms with E-state index in [9.17, 15) is 4.79 Å². The number of carbonyl (C=O) groups is 1. The number of hydrogen-bond donors (Lipinski definition) is 0. The van der Waals surface area contributed by atoms with Crippen LogP contribution in [0.5, 0.6) is 5.75 Å². The van der Waals surface area contributed by atoms with E-state index in [-0.39, 0.29) is 5.97 Å². The first kappa shape index (κ1) is 29.1. The highest BCUT2D eigenvalue weighted by atomic mass is 32.1. The van der Waals surface area contributed by atoms with Gasteiger partial charge in [-0.05, 0) is 74.6 Å². The van der Waals surface area contributed by atoms with Crippen LogP contribution in [0.2, 0.25) is 0 Å². The van der Waals surface area contributed by atoms with Crippen LogP contribution >= 0.6 is 11.3 Å². The minimum atomic E-state index is -0.663. The van der Waals surface area contributed by atoms with Crippen LogP contribution in [0.25, 0.3) is 21.5 Å². The smallest absolute Gasteiger partial charge is 0.311 e. The predicted molar refractivity (Wildman–Crippen MR) is 172 cm³/mol. The largest absolute Gasteiger partial charge is 0.487 e. The molecular weight excluding hydrogens is 554 g/mol. The number of benzene rings is 2. The summed E-state index contributed by atoms with van der Waals surface area (Å²) >= 11 is 1.65. The molecule has 5 aromatic rings. The third-order valence-corrected chi connectivity index (χ3v) is 9.32. The Balaban J connectivity index is 1.41. The Morgan fingerprint density at radius 3 is 2.56 bits per heavy atom. The number of pyridine rings is 1. The van der Waals surface area contributed by atoms with Crippen molar-refractivity contribution in [1.82, 2.24) is 14.5 Å². The number of fused-ring (bicyclic) bond motifs is 1. The number of carbonyl (C=O) groups excluding carboxylic acids is 1. The molecule has 2 aromatic carbocycles. The summed E-state index contributed by atoms with van der Waals surface area (Å²) in [4.78, 5) is 22.0. The van der Waals surface area contributed by atoms with E-state index in [0.717, 1.165) is 34.0 Å². The van der Waals surface area contributed by atoms with Crippen molar-refractivity contribution in [1.29, 1.82) is 0 Å². The Morgan fingerprint density at radius 1 is 1.05 bits per heavy atom. The quantitative estimate of drug-likeness (QED) is 0.136. The zero-order chi connectivity index (χ0) is 29.8. The van der Waals surface area contributed by atoms with Crippen LogP contribution in [0.3, 0.4) is 0 Å². The number of aromatic nitrogens is 3. The Morgan fingerprint density at radius 2 is 1.88 bits per heavy atom. The minimum absolute atomic E-state index is 0.159. The number of nitrogens with zero attached hydrogens (tertiary/aromatic N) is 3. The average Bonchev–Trinajstić information content (AvgIpc) is 3.62. The molecule has 0 bridgehead atoms. The van der Waals surface area contributed by atoms with Crippen LogP contribution in [0.1, 0.15) is 62.5 Å². The van der Waals surface area contributed by atoms with Crippen molar-refractivity contribution >= 4 is 28.2 Å². The summed E-state index contributed by atoms with van der Waals surface area (Å²) in [6.45, 7) is 7.38. The van der Waals surface area contributed by atoms with E-state index in [1.807, 2.05) is 50.5 Å². The van der Waals surface area contributed by atoms with Crippen molar-refractivity contribution < 1.29 is 14.3 Å². The van der Waals surface area contributed by atoms with E-state index < -0.39 is 5.41 Å². The molecule has 0 aliphatic heterocycles. The molecule has 1 aliphatic rings. The zero-order valence-electron chi connectivity index (χ0n) is 25.2. The fourth-order valence-electron chi connectivity index (χ4n) is 5.90. The van der Waals surface area contributed by atoms with E-state index in [2.05, 4.69) is 57.0 Å². The van der Waals surface area contributed by atoms with E-state index in [0.29, 0.717) is 32.1 Å². The van der Waals surface area contributed by atoms with Crippen molar-refractivity contribution in [2.75, 3.05) is 6.61 Å². The van der Waals surface area contributed by atoms with Gasteiger partial charge in [-0.1, -0.05) is 49.6 Å². The summed E-state index contributed by atoms with van der Waals surface area (Å²) in [7, 11) is 0.